The lowest BCUT2D eigenvalue weighted by molar-refractivity contribution is 0.101. The summed E-state index contributed by atoms with van der Waals surface area (Å²) in [6, 6.07) is 6.46. The number of likely N-dealkylation sites (tertiary alicyclic amines) is 1. The first kappa shape index (κ1) is 16.6. The van der Waals surface area contributed by atoms with Crippen molar-refractivity contribution >= 4 is 15.8 Å². The molecule has 2 aliphatic rings. The van der Waals surface area contributed by atoms with E-state index >= 15 is 0 Å². The maximum atomic E-state index is 13.0. The Balaban J connectivity index is 1.82. The van der Waals surface area contributed by atoms with Gasteiger partial charge in [0.15, 0.2) is 5.78 Å². The van der Waals surface area contributed by atoms with Crippen molar-refractivity contribution in [2.75, 3.05) is 26.2 Å². The third kappa shape index (κ3) is 3.49. The van der Waals surface area contributed by atoms with Gasteiger partial charge in [-0.1, -0.05) is 12.1 Å². The zero-order valence-corrected chi connectivity index (χ0v) is 14.4. The van der Waals surface area contributed by atoms with E-state index in [0.29, 0.717) is 12.1 Å². The van der Waals surface area contributed by atoms with Crippen molar-refractivity contribution in [2.24, 2.45) is 0 Å². The minimum atomic E-state index is -3.53. The van der Waals surface area contributed by atoms with E-state index in [4.69, 9.17) is 0 Å². The summed E-state index contributed by atoms with van der Waals surface area (Å²) in [7, 11) is -3.53. The monoisotopic (exact) mass is 336 g/mol. The number of rotatable bonds is 5. The molecule has 23 heavy (non-hydrogen) atoms. The van der Waals surface area contributed by atoms with Gasteiger partial charge in [-0.25, -0.2) is 8.42 Å². The summed E-state index contributed by atoms with van der Waals surface area (Å²) in [5, 5.41) is 0. The van der Waals surface area contributed by atoms with Gasteiger partial charge in [0.25, 0.3) is 0 Å². The van der Waals surface area contributed by atoms with E-state index in [1.165, 1.54) is 25.8 Å². The van der Waals surface area contributed by atoms with Crippen LogP contribution < -0.4 is 0 Å². The van der Waals surface area contributed by atoms with Crippen molar-refractivity contribution < 1.29 is 13.2 Å². The van der Waals surface area contributed by atoms with Crippen LogP contribution in [-0.4, -0.2) is 55.6 Å². The molecule has 3 rings (SSSR count). The molecule has 0 amide bonds. The van der Waals surface area contributed by atoms with Gasteiger partial charge in [0.2, 0.25) is 10.0 Å². The van der Waals surface area contributed by atoms with Crippen LogP contribution in [0.4, 0.5) is 0 Å². The Morgan fingerprint density at radius 1 is 1.17 bits per heavy atom. The molecule has 1 aromatic carbocycles. The Bertz CT molecular complexity index is 681. The first-order valence-electron chi connectivity index (χ1n) is 8.34. The molecular formula is C17H24N2O3S. The van der Waals surface area contributed by atoms with E-state index in [1.807, 2.05) is 0 Å². The number of carbonyl (C=O) groups is 1. The Morgan fingerprint density at radius 3 is 2.61 bits per heavy atom. The van der Waals surface area contributed by atoms with Crippen molar-refractivity contribution in [3.05, 3.63) is 29.8 Å². The summed E-state index contributed by atoms with van der Waals surface area (Å²) in [6.45, 7) is 5.00. The number of hydrogen-bond donors (Lipinski definition) is 0. The van der Waals surface area contributed by atoms with Gasteiger partial charge >= 0.3 is 0 Å². The van der Waals surface area contributed by atoms with Crippen molar-refractivity contribution in [1.82, 2.24) is 9.21 Å². The lowest BCUT2D eigenvalue weighted by atomic mass is 10.2. The maximum absolute atomic E-state index is 13.0. The summed E-state index contributed by atoms with van der Waals surface area (Å²) in [6.07, 6.45) is 4.24. The van der Waals surface area contributed by atoms with Crippen LogP contribution in [0.5, 0.6) is 0 Å². The summed E-state index contributed by atoms with van der Waals surface area (Å²) < 4.78 is 27.6. The molecule has 0 bridgehead atoms. The first-order chi connectivity index (χ1) is 11.0. The molecule has 2 fully saturated rings. The average Bonchev–Trinajstić information content (AvgIpc) is 3.20. The topological polar surface area (TPSA) is 57.7 Å². The summed E-state index contributed by atoms with van der Waals surface area (Å²) >= 11 is 0. The van der Waals surface area contributed by atoms with Crippen molar-refractivity contribution in [3.63, 3.8) is 0 Å². The third-order valence-electron chi connectivity index (χ3n) is 4.84. The molecule has 0 spiro atoms. The summed E-state index contributed by atoms with van der Waals surface area (Å²) in [5.41, 5.74) is 0.446. The van der Waals surface area contributed by atoms with Crippen molar-refractivity contribution in [2.45, 2.75) is 43.5 Å². The second-order valence-electron chi connectivity index (χ2n) is 6.50. The van der Waals surface area contributed by atoms with Gasteiger partial charge in [-0.15, -0.1) is 0 Å². The highest BCUT2D eigenvalue weighted by Crippen LogP contribution is 2.28. The van der Waals surface area contributed by atoms with Crippen LogP contribution in [0, 0.1) is 0 Å². The van der Waals surface area contributed by atoms with E-state index in [-0.39, 0.29) is 16.7 Å². The molecule has 1 atom stereocenters. The molecule has 0 radical (unpaired) electrons. The van der Waals surface area contributed by atoms with Gasteiger partial charge in [-0.2, -0.15) is 4.31 Å². The Morgan fingerprint density at radius 2 is 1.91 bits per heavy atom. The normalized spacial score (nSPS) is 23.4. The fraction of sp³-hybridized carbons (Fsp3) is 0.588. The van der Waals surface area contributed by atoms with Crippen LogP contribution in [0.1, 0.15) is 43.0 Å². The lowest BCUT2D eigenvalue weighted by Crippen LogP contribution is -2.42. The zero-order valence-electron chi connectivity index (χ0n) is 13.6. The van der Waals surface area contributed by atoms with E-state index in [0.717, 1.165) is 32.5 Å². The quantitative estimate of drug-likeness (QED) is 0.773. The number of carbonyl (C=O) groups excluding carboxylic acids is 1. The maximum Gasteiger partial charge on any atom is 0.243 e. The van der Waals surface area contributed by atoms with E-state index in [9.17, 15) is 13.2 Å². The predicted octanol–water partition coefficient (Wildman–Crippen LogP) is 2.14. The van der Waals surface area contributed by atoms with Gasteiger partial charge in [-0.3, -0.25) is 4.79 Å². The molecule has 2 saturated heterocycles. The molecule has 1 aromatic rings. The van der Waals surface area contributed by atoms with Crippen LogP contribution in [0.15, 0.2) is 29.2 Å². The molecule has 0 unspecified atom stereocenters. The third-order valence-corrected chi connectivity index (χ3v) is 6.79. The van der Waals surface area contributed by atoms with Crippen molar-refractivity contribution in [3.8, 4) is 0 Å². The van der Waals surface area contributed by atoms with Crippen LogP contribution >= 0.6 is 0 Å². The number of hydrogen-bond acceptors (Lipinski definition) is 4. The standard InChI is InChI=1S/C17H24N2O3S/c1-14(20)15-6-4-8-17(12-15)23(21,22)19-11-5-7-16(19)13-18-9-2-3-10-18/h4,6,8,12,16H,2-3,5,7,9-11,13H2,1H3/t16-/m0/s1. The first-order valence-corrected chi connectivity index (χ1v) is 9.78. The van der Waals surface area contributed by atoms with Crippen LogP contribution in [-0.2, 0) is 10.0 Å². The fourth-order valence-electron chi connectivity index (χ4n) is 3.58. The van der Waals surface area contributed by atoms with Crippen molar-refractivity contribution in [1.29, 1.82) is 0 Å². The second-order valence-corrected chi connectivity index (χ2v) is 8.39. The van der Waals surface area contributed by atoms with Gasteiger partial charge < -0.3 is 4.90 Å². The molecule has 2 heterocycles. The van der Waals surface area contributed by atoms with E-state index in [1.54, 1.807) is 22.5 Å². The lowest BCUT2D eigenvalue weighted by Gasteiger charge is -2.28. The second kappa shape index (κ2) is 6.71. The largest absolute Gasteiger partial charge is 0.302 e. The van der Waals surface area contributed by atoms with Gasteiger partial charge in [0.1, 0.15) is 0 Å². The minimum absolute atomic E-state index is 0.0547. The molecule has 0 aromatic heterocycles. The van der Waals surface area contributed by atoms with Crippen LogP contribution in [0.3, 0.4) is 0 Å². The average molecular weight is 336 g/mol. The minimum Gasteiger partial charge on any atom is -0.302 e. The molecule has 2 aliphatic heterocycles. The highest BCUT2D eigenvalue weighted by molar-refractivity contribution is 7.89. The Labute approximate surface area is 138 Å². The highest BCUT2D eigenvalue weighted by atomic mass is 32.2. The van der Waals surface area contributed by atoms with Gasteiger partial charge in [0, 0.05) is 24.7 Å². The number of Topliss-reactive ketones (excluding diaryl/α,β-unsaturated/α-hetero) is 1. The number of nitrogens with zero attached hydrogens (tertiary/aromatic N) is 2. The molecule has 6 heteroatoms. The molecule has 126 valence electrons. The summed E-state index contributed by atoms with van der Waals surface area (Å²) in [4.78, 5) is 14.1. The number of ketones is 1. The SMILES string of the molecule is CC(=O)c1cccc(S(=O)(=O)N2CCC[C@H]2CN2CCCC2)c1. The van der Waals surface area contributed by atoms with Gasteiger partial charge in [-0.05, 0) is 57.8 Å². The Kier molecular flexibility index (Phi) is 4.85. The predicted molar refractivity (Wildman–Crippen MR) is 89.0 cm³/mol. The fourth-order valence-corrected chi connectivity index (χ4v) is 5.31. The van der Waals surface area contributed by atoms with Gasteiger partial charge in [0.05, 0.1) is 4.90 Å². The Hall–Kier alpha value is -1.24. The molecule has 0 saturated carbocycles. The molecule has 0 N–H and O–H groups in total. The van der Waals surface area contributed by atoms with Crippen LogP contribution in [0.25, 0.3) is 0 Å². The number of benzene rings is 1. The highest BCUT2D eigenvalue weighted by Gasteiger charge is 2.36. The van der Waals surface area contributed by atoms with E-state index < -0.39 is 10.0 Å². The zero-order chi connectivity index (χ0) is 16.4. The molecule has 5 nitrogen and oxygen atoms in total. The molecule has 0 aliphatic carbocycles. The molecular weight excluding hydrogens is 312 g/mol. The summed E-state index contributed by atoms with van der Waals surface area (Å²) in [5.74, 6) is -0.114. The smallest absolute Gasteiger partial charge is 0.243 e. The van der Waals surface area contributed by atoms with Crippen LogP contribution in [0.2, 0.25) is 0 Å². The van der Waals surface area contributed by atoms with E-state index in [2.05, 4.69) is 4.90 Å². The number of sulfonamides is 1.